The third-order valence-electron chi connectivity index (χ3n) is 4.68. The van der Waals surface area contributed by atoms with E-state index in [2.05, 4.69) is 42.6 Å². The molecule has 1 aromatic carbocycles. The third kappa shape index (κ3) is 4.99. The first-order valence-electron chi connectivity index (χ1n) is 10.1. The Morgan fingerprint density at radius 2 is 2.00 bits per heavy atom. The molecule has 0 aliphatic carbocycles. The standard InChI is InChI=1S/C23H21FN8O2/c1-4-20(33)28-14-7-8-18(24)19(10-14)30-21-17(16-6-5-9-25-22(16)34-3)12-26-23(31-21)29-15-11-27-32(2)13-15/h4-13H,1H2,2-3H3,(H,28,33)(H2,26,29,30,31). The number of pyridine rings is 1. The van der Waals surface area contributed by atoms with Crippen LogP contribution in [-0.2, 0) is 11.8 Å². The summed E-state index contributed by atoms with van der Waals surface area (Å²) in [6, 6.07) is 7.68. The summed E-state index contributed by atoms with van der Waals surface area (Å²) in [6.45, 7) is 3.42. The second-order valence-electron chi connectivity index (χ2n) is 7.06. The largest absolute Gasteiger partial charge is 0.481 e. The quantitative estimate of drug-likeness (QED) is 0.337. The van der Waals surface area contributed by atoms with Crippen molar-refractivity contribution in [1.29, 1.82) is 0 Å². The second-order valence-corrected chi connectivity index (χ2v) is 7.06. The van der Waals surface area contributed by atoms with Crippen LogP contribution in [-0.4, -0.2) is 37.7 Å². The normalized spacial score (nSPS) is 10.4. The fourth-order valence-electron chi connectivity index (χ4n) is 3.13. The average Bonchev–Trinajstić information content (AvgIpc) is 3.25. The Labute approximate surface area is 194 Å². The van der Waals surface area contributed by atoms with Crippen molar-refractivity contribution in [2.24, 2.45) is 7.05 Å². The molecule has 0 atom stereocenters. The number of nitrogens with one attached hydrogen (secondary N) is 3. The molecular weight excluding hydrogens is 439 g/mol. The van der Waals surface area contributed by atoms with Crippen molar-refractivity contribution in [1.82, 2.24) is 24.7 Å². The molecule has 0 aliphatic heterocycles. The number of halogens is 1. The van der Waals surface area contributed by atoms with E-state index in [1.165, 1.54) is 25.3 Å². The van der Waals surface area contributed by atoms with E-state index in [9.17, 15) is 9.18 Å². The molecule has 0 spiro atoms. The Morgan fingerprint density at radius 1 is 1.15 bits per heavy atom. The summed E-state index contributed by atoms with van der Waals surface area (Å²) in [5.74, 6) is -0.0450. The zero-order valence-corrected chi connectivity index (χ0v) is 18.4. The third-order valence-corrected chi connectivity index (χ3v) is 4.68. The molecular formula is C23H21FN8O2. The van der Waals surface area contributed by atoms with Gasteiger partial charge in [0, 0.05) is 42.5 Å². The molecule has 34 heavy (non-hydrogen) atoms. The number of amides is 1. The van der Waals surface area contributed by atoms with E-state index in [0.717, 1.165) is 6.08 Å². The van der Waals surface area contributed by atoms with Crippen LogP contribution in [0.25, 0.3) is 11.1 Å². The molecule has 4 rings (SSSR count). The van der Waals surface area contributed by atoms with Gasteiger partial charge in [-0.1, -0.05) is 6.58 Å². The molecule has 4 aromatic rings. The van der Waals surface area contributed by atoms with Gasteiger partial charge < -0.3 is 20.7 Å². The van der Waals surface area contributed by atoms with Crippen molar-refractivity contribution < 1.29 is 13.9 Å². The van der Waals surface area contributed by atoms with Gasteiger partial charge in [0.2, 0.25) is 17.7 Å². The fourth-order valence-corrected chi connectivity index (χ4v) is 3.13. The van der Waals surface area contributed by atoms with Crippen LogP contribution >= 0.6 is 0 Å². The molecule has 0 radical (unpaired) electrons. The molecule has 1 amide bonds. The van der Waals surface area contributed by atoms with Crippen LogP contribution in [0.1, 0.15) is 0 Å². The lowest BCUT2D eigenvalue weighted by Crippen LogP contribution is -2.08. The fraction of sp³-hybridized carbons (Fsp3) is 0.0870. The molecule has 3 aromatic heterocycles. The number of ether oxygens (including phenoxy) is 1. The van der Waals surface area contributed by atoms with Crippen LogP contribution in [0.5, 0.6) is 5.88 Å². The lowest BCUT2D eigenvalue weighted by molar-refractivity contribution is -0.111. The molecule has 0 bridgehead atoms. The van der Waals surface area contributed by atoms with Gasteiger partial charge in [-0.25, -0.2) is 14.4 Å². The predicted molar refractivity (Wildman–Crippen MR) is 127 cm³/mol. The number of benzene rings is 1. The molecule has 0 saturated carbocycles. The first-order valence-corrected chi connectivity index (χ1v) is 10.1. The summed E-state index contributed by atoms with van der Waals surface area (Å²) in [5, 5.41) is 12.8. The van der Waals surface area contributed by atoms with E-state index >= 15 is 0 Å². The molecule has 0 saturated heterocycles. The van der Waals surface area contributed by atoms with Gasteiger partial charge >= 0.3 is 0 Å². The molecule has 10 nitrogen and oxygen atoms in total. The highest BCUT2D eigenvalue weighted by atomic mass is 19.1. The number of rotatable bonds is 8. The van der Waals surface area contributed by atoms with Crippen molar-refractivity contribution in [3.05, 3.63) is 73.6 Å². The number of hydrogen-bond acceptors (Lipinski definition) is 8. The number of nitrogens with zero attached hydrogens (tertiary/aromatic N) is 5. The maximum atomic E-state index is 14.7. The number of methoxy groups -OCH3 is 1. The zero-order chi connectivity index (χ0) is 24.1. The Morgan fingerprint density at radius 3 is 2.74 bits per heavy atom. The molecule has 11 heteroatoms. The van der Waals surface area contributed by atoms with E-state index in [1.54, 1.807) is 48.6 Å². The Bertz CT molecular complexity index is 1350. The Hall–Kier alpha value is -4.80. The number of anilines is 5. The maximum Gasteiger partial charge on any atom is 0.247 e. The number of hydrogen-bond donors (Lipinski definition) is 3. The summed E-state index contributed by atoms with van der Waals surface area (Å²) in [7, 11) is 3.29. The summed E-state index contributed by atoms with van der Waals surface area (Å²) in [6.07, 6.45) is 7.69. The van der Waals surface area contributed by atoms with Crippen molar-refractivity contribution in [3.63, 3.8) is 0 Å². The summed E-state index contributed by atoms with van der Waals surface area (Å²) < 4.78 is 21.7. The lowest BCUT2D eigenvalue weighted by atomic mass is 10.1. The van der Waals surface area contributed by atoms with E-state index in [4.69, 9.17) is 4.74 Å². The van der Waals surface area contributed by atoms with Gasteiger partial charge in [-0.05, 0) is 36.4 Å². The highest BCUT2D eigenvalue weighted by Gasteiger charge is 2.17. The van der Waals surface area contributed by atoms with Crippen molar-refractivity contribution >= 4 is 34.7 Å². The minimum atomic E-state index is -0.541. The van der Waals surface area contributed by atoms with E-state index in [1.807, 2.05) is 0 Å². The van der Waals surface area contributed by atoms with Crippen molar-refractivity contribution in [2.45, 2.75) is 0 Å². The summed E-state index contributed by atoms with van der Waals surface area (Å²) in [4.78, 5) is 24.8. The number of carbonyl (C=O) groups excluding carboxylic acids is 1. The van der Waals surface area contributed by atoms with Crippen LogP contribution in [0.2, 0.25) is 0 Å². The SMILES string of the molecule is C=CC(=O)Nc1ccc(F)c(Nc2nc(Nc3cnn(C)c3)ncc2-c2cccnc2OC)c1. The molecule has 0 unspecified atom stereocenters. The first-order chi connectivity index (χ1) is 16.5. The topological polar surface area (TPSA) is 119 Å². The van der Waals surface area contributed by atoms with Gasteiger partial charge in [0.25, 0.3) is 0 Å². The highest BCUT2D eigenvalue weighted by Crippen LogP contribution is 2.35. The number of aromatic nitrogens is 5. The highest BCUT2D eigenvalue weighted by molar-refractivity contribution is 5.99. The zero-order valence-electron chi connectivity index (χ0n) is 18.4. The van der Waals surface area contributed by atoms with Gasteiger partial charge in [0.05, 0.1) is 24.7 Å². The molecule has 3 N–H and O–H groups in total. The van der Waals surface area contributed by atoms with Crippen molar-refractivity contribution in [3.8, 4) is 17.0 Å². The molecule has 0 fully saturated rings. The first kappa shape index (κ1) is 22.4. The predicted octanol–water partition coefficient (Wildman–Crippen LogP) is 4.03. The van der Waals surface area contributed by atoms with Crippen LogP contribution in [0.3, 0.4) is 0 Å². The van der Waals surface area contributed by atoms with Crippen LogP contribution in [0, 0.1) is 5.82 Å². The molecule has 0 aliphatic rings. The van der Waals surface area contributed by atoms with E-state index in [0.29, 0.717) is 34.2 Å². The lowest BCUT2D eigenvalue weighted by Gasteiger charge is -2.15. The maximum absolute atomic E-state index is 14.7. The van der Waals surface area contributed by atoms with Gasteiger partial charge in [0.1, 0.15) is 11.6 Å². The van der Waals surface area contributed by atoms with Gasteiger partial charge in [-0.3, -0.25) is 9.48 Å². The molecule has 172 valence electrons. The number of aryl methyl sites for hydroxylation is 1. The second kappa shape index (κ2) is 9.77. The minimum Gasteiger partial charge on any atom is -0.481 e. The van der Waals surface area contributed by atoms with Crippen LogP contribution < -0.4 is 20.7 Å². The summed E-state index contributed by atoms with van der Waals surface area (Å²) >= 11 is 0. The van der Waals surface area contributed by atoms with Crippen LogP contribution in [0.4, 0.5) is 33.2 Å². The minimum absolute atomic E-state index is 0.0944. The summed E-state index contributed by atoms with van der Waals surface area (Å²) in [5.41, 5.74) is 2.30. The Kier molecular flexibility index (Phi) is 6.44. The number of carbonyl (C=O) groups is 1. The van der Waals surface area contributed by atoms with E-state index in [-0.39, 0.29) is 11.6 Å². The van der Waals surface area contributed by atoms with Crippen molar-refractivity contribution in [2.75, 3.05) is 23.1 Å². The monoisotopic (exact) mass is 460 g/mol. The average molecular weight is 460 g/mol. The van der Waals surface area contributed by atoms with Crippen LogP contribution in [0.15, 0.2) is 67.8 Å². The Balaban J connectivity index is 1.76. The van der Waals surface area contributed by atoms with Gasteiger partial charge in [0.15, 0.2) is 0 Å². The van der Waals surface area contributed by atoms with Gasteiger partial charge in [-0.15, -0.1) is 0 Å². The molecule has 3 heterocycles. The van der Waals surface area contributed by atoms with E-state index < -0.39 is 11.7 Å². The smallest absolute Gasteiger partial charge is 0.247 e. The van der Waals surface area contributed by atoms with Gasteiger partial charge in [-0.2, -0.15) is 10.1 Å².